The van der Waals surface area contributed by atoms with Gasteiger partial charge in [0.05, 0.1) is 11.0 Å². The molecule has 35 heavy (non-hydrogen) atoms. The highest BCUT2D eigenvalue weighted by Crippen LogP contribution is 2.30. The van der Waals surface area contributed by atoms with Crippen LogP contribution in [0.15, 0.2) is 84.9 Å². The number of fused-ring (bicyclic) bond motifs is 3. The predicted molar refractivity (Wildman–Crippen MR) is 136 cm³/mol. The summed E-state index contributed by atoms with van der Waals surface area (Å²) < 4.78 is 3.30. The zero-order chi connectivity index (χ0) is 23.8. The third kappa shape index (κ3) is 3.56. The molecule has 4 aromatic carbocycles. The lowest BCUT2D eigenvalue weighted by molar-refractivity contribution is 0.0892. The molecule has 0 bridgehead atoms. The van der Waals surface area contributed by atoms with Gasteiger partial charge in [0.2, 0.25) is 11.9 Å². The van der Waals surface area contributed by atoms with Crippen LogP contribution in [-0.4, -0.2) is 35.8 Å². The molecule has 0 saturated heterocycles. The summed E-state index contributed by atoms with van der Waals surface area (Å²) in [6.07, 6.45) is 2.34. The first-order valence-corrected chi connectivity index (χ1v) is 11.9. The Bertz CT molecular complexity index is 1610. The number of Topliss-reactive ketones (excluding diaryl/α,β-unsaturated/α-hetero) is 1. The summed E-state index contributed by atoms with van der Waals surface area (Å²) in [6.45, 7) is 2.19. The van der Waals surface area contributed by atoms with Crippen molar-refractivity contribution in [1.29, 1.82) is 0 Å². The van der Waals surface area contributed by atoms with E-state index in [2.05, 4.69) is 39.7 Å². The number of unbranched alkanes of at least 4 members (excludes halogenated alkanes) is 1. The molecule has 0 spiro atoms. The second kappa shape index (κ2) is 8.76. The van der Waals surface area contributed by atoms with Gasteiger partial charge in [-0.2, -0.15) is 0 Å². The van der Waals surface area contributed by atoms with Gasteiger partial charge < -0.3 is 0 Å². The first-order valence-electron chi connectivity index (χ1n) is 11.9. The van der Waals surface area contributed by atoms with E-state index in [0.717, 1.165) is 52.1 Å². The van der Waals surface area contributed by atoms with Crippen LogP contribution in [0, 0.1) is 0 Å². The Morgan fingerprint density at radius 1 is 0.743 bits per heavy atom. The lowest BCUT2D eigenvalue weighted by Crippen LogP contribution is -2.29. The minimum absolute atomic E-state index is 0.116. The Morgan fingerprint density at radius 2 is 1.31 bits per heavy atom. The van der Waals surface area contributed by atoms with Crippen LogP contribution in [0.4, 0.5) is 0 Å². The average Bonchev–Trinajstić information content (AvgIpc) is 3.53. The Balaban J connectivity index is 1.57. The zero-order valence-electron chi connectivity index (χ0n) is 19.4. The number of hydrogen-bond donors (Lipinski definition) is 0. The second-order valence-corrected chi connectivity index (χ2v) is 8.70. The summed E-state index contributed by atoms with van der Waals surface area (Å²) in [6, 6.07) is 27.4. The molecule has 2 aromatic heterocycles. The molecule has 0 aliphatic heterocycles. The Kier molecular flexibility index (Phi) is 5.29. The molecule has 0 amide bonds. The standard InChI is InChI=1S/C28H24N6O/c1-2-3-10-19-17-18-22(21-12-5-4-11-20(19)21)27(35)28(33-25-15-8-6-13-23(25)29-31-33)34-26-16-9-7-14-24(26)30-32-34/h4-9,11-18,28H,2-3,10H2,1H3. The maximum atomic E-state index is 14.4. The molecule has 0 atom stereocenters. The first-order chi connectivity index (χ1) is 17.3. The monoisotopic (exact) mass is 460 g/mol. The fraction of sp³-hybridized carbons (Fsp3) is 0.179. The molecule has 172 valence electrons. The summed E-state index contributed by atoms with van der Waals surface area (Å²) in [4.78, 5) is 14.4. The molecule has 7 nitrogen and oxygen atoms in total. The van der Waals surface area contributed by atoms with E-state index in [0.29, 0.717) is 5.56 Å². The van der Waals surface area contributed by atoms with Crippen molar-refractivity contribution < 1.29 is 4.79 Å². The molecule has 0 N–H and O–H groups in total. The van der Waals surface area contributed by atoms with Crippen LogP contribution < -0.4 is 0 Å². The number of benzene rings is 4. The lowest BCUT2D eigenvalue weighted by Gasteiger charge is -2.19. The van der Waals surface area contributed by atoms with Crippen LogP contribution in [-0.2, 0) is 6.42 Å². The summed E-state index contributed by atoms with van der Waals surface area (Å²) in [5.74, 6) is -0.116. The Labute approximate surface area is 202 Å². The number of para-hydroxylation sites is 2. The molecule has 6 aromatic rings. The summed E-state index contributed by atoms with van der Waals surface area (Å²) in [5.41, 5.74) is 4.84. The van der Waals surface area contributed by atoms with E-state index < -0.39 is 6.17 Å². The number of ketones is 1. The normalized spacial score (nSPS) is 11.7. The van der Waals surface area contributed by atoms with Gasteiger partial charge >= 0.3 is 0 Å². The smallest absolute Gasteiger partial charge is 0.210 e. The molecular weight excluding hydrogens is 436 g/mol. The number of hydrogen-bond acceptors (Lipinski definition) is 5. The average molecular weight is 461 g/mol. The third-order valence-electron chi connectivity index (χ3n) is 6.53. The molecule has 7 heteroatoms. The summed E-state index contributed by atoms with van der Waals surface area (Å²) in [7, 11) is 0. The zero-order valence-corrected chi connectivity index (χ0v) is 19.4. The van der Waals surface area contributed by atoms with E-state index in [1.54, 1.807) is 9.36 Å². The molecule has 2 heterocycles. The van der Waals surface area contributed by atoms with Crippen LogP contribution in [0.3, 0.4) is 0 Å². The van der Waals surface area contributed by atoms with E-state index >= 15 is 0 Å². The van der Waals surface area contributed by atoms with Gasteiger partial charge in [-0.05, 0) is 53.4 Å². The van der Waals surface area contributed by atoms with E-state index in [-0.39, 0.29) is 5.78 Å². The number of aromatic nitrogens is 6. The van der Waals surface area contributed by atoms with Gasteiger partial charge in [-0.3, -0.25) is 4.79 Å². The molecular formula is C28H24N6O. The Morgan fingerprint density at radius 3 is 1.94 bits per heavy atom. The highest BCUT2D eigenvalue weighted by atomic mass is 16.1. The van der Waals surface area contributed by atoms with Crippen molar-refractivity contribution in [3.8, 4) is 0 Å². The SMILES string of the molecule is CCCCc1ccc(C(=O)C(n2nnc3ccccc32)n2nnc3ccccc32)c2ccccc12. The lowest BCUT2D eigenvalue weighted by atomic mass is 9.94. The van der Waals surface area contributed by atoms with Gasteiger partial charge in [0, 0.05) is 5.56 Å². The summed E-state index contributed by atoms with van der Waals surface area (Å²) in [5, 5.41) is 19.5. The van der Waals surface area contributed by atoms with Gasteiger partial charge in [0.1, 0.15) is 11.0 Å². The van der Waals surface area contributed by atoms with E-state index in [4.69, 9.17) is 0 Å². The molecule has 6 rings (SSSR count). The van der Waals surface area contributed by atoms with E-state index in [9.17, 15) is 4.79 Å². The van der Waals surface area contributed by atoms with Gasteiger partial charge in [0.15, 0.2) is 0 Å². The molecule has 0 saturated carbocycles. The molecule has 0 unspecified atom stereocenters. The number of carbonyl (C=O) groups excluding carboxylic acids is 1. The second-order valence-electron chi connectivity index (χ2n) is 8.70. The van der Waals surface area contributed by atoms with Crippen molar-refractivity contribution in [3.63, 3.8) is 0 Å². The topological polar surface area (TPSA) is 78.5 Å². The largest absolute Gasteiger partial charge is 0.289 e. The van der Waals surface area contributed by atoms with Crippen molar-refractivity contribution >= 4 is 38.6 Å². The number of nitrogens with zero attached hydrogens (tertiary/aromatic N) is 6. The fourth-order valence-corrected chi connectivity index (χ4v) is 4.76. The van der Waals surface area contributed by atoms with E-state index in [1.807, 2.05) is 72.8 Å². The minimum Gasteiger partial charge on any atom is -0.289 e. The van der Waals surface area contributed by atoms with Crippen molar-refractivity contribution in [3.05, 3.63) is 96.1 Å². The van der Waals surface area contributed by atoms with Crippen LogP contribution >= 0.6 is 0 Å². The van der Waals surface area contributed by atoms with Crippen LogP contribution in [0.25, 0.3) is 32.8 Å². The van der Waals surface area contributed by atoms with Gasteiger partial charge in [0.25, 0.3) is 0 Å². The van der Waals surface area contributed by atoms with Crippen molar-refractivity contribution in [1.82, 2.24) is 30.0 Å². The molecule has 0 radical (unpaired) electrons. The molecule has 0 aliphatic carbocycles. The highest BCUT2D eigenvalue weighted by molar-refractivity contribution is 6.11. The van der Waals surface area contributed by atoms with Gasteiger partial charge in [-0.15, -0.1) is 10.2 Å². The Hall–Kier alpha value is -4.39. The van der Waals surface area contributed by atoms with Crippen molar-refractivity contribution in [2.75, 3.05) is 0 Å². The highest BCUT2D eigenvalue weighted by Gasteiger charge is 2.30. The quantitative estimate of drug-likeness (QED) is 0.290. The number of carbonyl (C=O) groups is 1. The van der Waals surface area contributed by atoms with Crippen LogP contribution in [0.1, 0.15) is 41.9 Å². The summed E-state index contributed by atoms with van der Waals surface area (Å²) >= 11 is 0. The van der Waals surface area contributed by atoms with Crippen molar-refractivity contribution in [2.45, 2.75) is 32.4 Å². The molecule has 0 fully saturated rings. The van der Waals surface area contributed by atoms with Gasteiger partial charge in [-0.1, -0.05) is 84.4 Å². The predicted octanol–water partition coefficient (Wildman–Crippen LogP) is 5.60. The fourth-order valence-electron chi connectivity index (χ4n) is 4.76. The maximum absolute atomic E-state index is 14.4. The first kappa shape index (κ1) is 21.2. The third-order valence-corrected chi connectivity index (χ3v) is 6.53. The molecule has 0 aliphatic rings. The van der Waals surface area contributed by atoms with Crippen LogP contribution in [0.5, 0.6) is 0 Å². The number of rotatable bonds is 7. The van der Waals surface area contributed by atoms with E-state index in [1.165, 1.54) is 5.56 Å². The van der Waals surface area contributed by atoms with Crippen LogP contribution in [0.2, 0.25) is 0 Å². The van der Waals surface area contributed by atoms with Crippen molar-refractivity contribution in [2.24, 2.45) is 0 Å². The maximum Gasteiger partial charge on any atom is 0.210 e. The minimum atomic E-state index is -0.875. The number of aryl methyl sites for hydroxylation is 1. The van der Waals surface area contributed by atoms with Gasteiger partial charge in [-0.25, -0.2) is 9.36 Å².